The molecule has 2 N–H and O–H groups in total. The Morgan fingerprint density at radius 1 is 1.33 bits per heavy atom. The molecule has 0 saturated heterocycles. The highest BCUT2D eigenvalue weighted by Gasteiger charge is 2.13. The summed E-state index contributed by atoms with van der Waals surface area (Å²) in [7, 11) is 0. The van der Waals surface area contributed by atoms with Crippen molar-refractivity contribution in [3.63, 3.8) is 0 Å². The summed E-state index contributed by atoms with van der Waals surface area (Å²) in [5.74, 6) is 0.906. The molecule has 1 aromatic heterocycles. The van der Waals surface area contributed by atoms with E-state index < -0.39 is 11.9 Å². The van der Waals surface area contributed by atoms with Crippen LogP contribution < -0.4 is 10.5 Å². The minimum absolute atomic E-state index is 0.404. The molecule has 0 saturated carbocycles. The van der Waals surface area contributed by atoms with Crippen LogP contribution in [0, 0.1) is 5.92 Å². The minimum Gasteiger partial charge on any atom is -0.493 e. The Morgan fingerprint density at radius 2 is 2.10 bits per heavy atom. The van der Waals surface area contributed by atoms with Gasteiger partial charge < -0.3 is 10.5 Å². The molecule has 112 valence electrons. The Hall–Kier alpha value is -2.30. The van der Waals surface area contributed by atoms with E-state index in [9.17, 15) is 4.79 Å². The lowest BCUT2D eigenvalue weighted by Crippen LogP contribution is -2.24. The van der Waals surface area contributed by atoms with E-state index >= 15 is 0 Å². The highest BCUT2D eigenvalue weighted by Crippen LogP contribution is 2.24. The number of hydrogen-bond acceptors (Lipinski definition) is 3. The molecular weight excluding hydrogens is 266 g/mol. The maximum absolute atomic E-state index is 11.2. The number of amides is 1. The maximum Gasteiger partial charge on any atom is 0.241 e. The molecule has 0 fully saturated rings. The van der Waals surface area contributed by atoms with Crippen LogP contribution in [0.1, 0.15) is 26.8 Å². The maximum atomic E-state index is 11.2. The molecule has 1 amide bonds. The first kappa shape index (κ1) is 15.1. The monoisotopic (exact) mass is 287 g/mol. The van der Waals surface area contributed by atoms with Crippen molar-refractivity contribution in [2.75, 3.05) is 6.61 Å². The van der Waals surface area contributed by atoms with Gasteiger partial charge in [0, 0.05) is 11.8 Å². The number of primary amides is 1. The zero-order valence-corrected chi connectivity index (χ0v) is 12.6. The Balaban J connectivity index is 2.18. The lowest BCUT2D eigenvalue weighted by Gasteiger charge is -2.09. The first-order chi connectivity index (χ1) is 9.97. The number of benzene rings is 1. The van der Waals surface area contributed by atoms with Crippen LogP contribution in [-0.2, 0) is 4.79 Å². The van der Waals surface area contributed by atoms with Gasteiger partial charge in [-0.25, -0.2) is 0 Å². The molecule has 5 nitrogen and oxygen atoms in total. The lowest BCUT2D eigenvalue weighted by atomic mass is 10.1. The molecule has 1 heterocycles. The van der Waals surface area contributed by atoms with Gasteiger partial charge in [-0.2, -0.15) is 5.10 Å². The van der Waals surface area contributed by atoms with Gasteiger partial charge in [0.2, 0.25) is 5.91 Å². The van der Waals surface area contributed by atoms with E-state index in [0.29, 0.717) is 12.5 Å². The predicted octanol–water partition coefficient (Wildman–Crippen LogP) is 2.63. The molecule has 0 aliphatic heterocycles. The second-order valence-electron chi connectivity index (χ2n) is 5.52. The molecule has 0 aliphatic carbocycles. The minimum atomic E-state index is -0.459. The summed E-state index contributed by atoms with van der Waals surface area (Å²) in [5, 5.41) is 4.19. The summed E-state index contributed by atoms with van der Waals surface area (Å²) in [4.78, 5) is 11.2. The number of nitrogens with zero attached hydrogens (tertiary/aromatic N) is 2. The van der Waals surface area contributed by atoms with Gasteiger partial charge in [0.15, 0.2) is 0 Å². The third-order valence-corrected chi connectivity index (χ3v) is 3.16. The van der Waals surface area contributed by atoms with Crippen LogP contribution in [0.25, 0.3) is 11.1 Å². The number of carbonyl (C=O) groups is 1. The van der Waals surface area contributed by atoms with Gasteiger partial charge in [0.1, 0.15) is 11.8 Å². The number of hydrogen-bond donors (Lipinski definition) is 1. The van der Waals surface area contributed by atoms with Crippen molar-refractivity contribution in [2.24, 2.45) is 11.7 Å². The van der Waals surface area contributed by atoms with Crippen LogP contribution in [0.15, 0.2) is 36.7 Å². The van der Waals surface area contributed by atoms with Gasteiger partial charge in [0.05, 0.1) is 12.8 Å². The molecule has 0 bridgehead atoms. The molecule has 5 heteroatoms. The highest BCUT2D eigenvalue weighted by atomic mass is 16.5. The zero-order chi connectivity index (χ0) is 15.4. The van der Waals surface area contributed by atoms with Crippen molar-refractivity contribution >= 4 is 5.91 Å². The summed E-state index contributed by atoms with van der Waals surface area (Å²) in [6.07, 6.45) is 3.54. The summed E-state index contributed by atoms with van der Waals surface area (Å²) in [6.45, 7) is 6.63. The van der Waals surface area contributed by atoms with Gasteiger partial charge in [-0.15, -0.1) is 0 Å². The fourth-order valence-corrected chi connectivity index (χ4v) is 1.86. The number of nitrogens with two attached hydrogens (primary N) is 1. The summed E-state index contributed by atoms with van der Waals surface area (Å²) >= 11 is 0. The van der Waals surface area contributed by atoms with Crippen LogP contribution in [0.2, 0.25) is 0 Å². The molecule has 1 aromatic carbocycles. The Bertz CT molecular complexity index is 619. The third kappa shape index (κ3) is 3.84. The van der Waals surface area contributed by atoms with Crippen molar-refractivity contribution in [3.8, 4) is 16.9 Å². The molecule has 1 atom stereocenters. The highest BCUT2D eigenvalue weighted by molar-refractivity contribution is 5.78. The molecule has 0 aliphatic rings. The summed E-state index contributed by atoms with van der Waals surface area (Å²) < 4.78 is 7.29. The summed E-state index contributed by atoms with van der Waals surface area (Å²) in [5.41, 5.74) is 7.22. The van der Waals surface area contributed by atoms with Gasteiger partial charge in [-0.1, -0.05) is 26.0 Å². The number of ether oxygens (including phenoxy) is 1. The van der Waals surface area contributed by atoms with Crippen molar-refractivity contribution in [2.45, 2.75) is 26.8 Å². The Kier molecular flexibility index (Phi) is 4.62. The van der Waals surface area contributed by atoms with Crippen LogP contribution in [0.3, 0.4) is 0 Å². The van der Waals surface area contributed by atoms with E-state index in [4.69, 9.17) is 10.5 Å². The van der Waals surface area contributed by atoms with Crippen LogP contribution >= 0.6 is 0 Å². The smallest absolute Gasteiger partial charge is 0.241 e. The van der Waals surface area contributed by atoms with Crippen molar-refractivity contribution < 1.29 is 9.53 Å². The van der Waals surface area contributed by atoms with Gasteiger partial charge in [-0.05, 0) is 30.5 Å². The largest absolute Gasteiger partial charge is 0.493 e. The quantitative estimate of drug-likeness (QED) is 0.888. The average molecular weight is 287 g/mol. The SMILES string of the molecule is CC(C)COc1cccc(-c2cnn([C@H](C)C(N)=O)c2)c1. The number of carbonyl (C=O) groups excluding carboxylic acids is 1. The number of rotatable bonds is 6. The molecule has 2 aromatic rings. The normalized spacial score (nSPS) is 12.4. The second kappa shape index (κ2) is 6.43. The van der Waals surface area contributed by atoms with Gasteiger partial charge in [-0.3, -0.25) is 9.48 Å². The van der Waals surface area contributed by atoms with Crippen LogP contribution in [0.4, 0.5) is 0 Å². The number of aromatic nitrogens is 2. The fraction of sp³-hybridized carbons (Fsp3) is 0.375. The molecule has 0 radical (unpaired) electrons. The van der Waals surface area contributed by atoms with Gasteiger partial charge in [0.25, 0.3) is 0 Å². The van der Waals surface area contributed by atoms with E-state index in [-0.39, 0.29) is 0 Å². The van der Waals surface area contributed by atoms with Gasteiger partial charge >= 0.3 is 0 Å². The molecular formula is C16H21N3O2. The zero-order valence-electron chi connectivity index (χ0n) is 12.6. The summed E-state index contributed by atoms with van der Waals surface area (Å²) in [6, 6.07) is 7.37. The molecule has 0 spiro atoms. The topological polar surface area (TPSA) is 70.1 Å². The first-order valence-electron chi connectivity index (χ1n) is 7.04. The van der Waals surface area contributed by atoms with Crippen LogP contribution in [0.5, 0.6) is 5.75 Å². The second-order valence-corrected chi connectivity index (χ2v) is 5.52. The molecule has 21 heavy (non-hydrogen) atoms. The van der Waals surface area contributed by atoms with Crippen LogP contribution in [-0.4, -0.2) is 22.3 Å². The van der Waals surface area contributed by atoms with E-state index in [0.717, 1.165) is 16.9 Å². The third-order valence-electron chi connectivity index (χ3n) is 3.16. The molecule has 0 unspecified atom stereocenters. The first-order valence-corrected chi connectivity index (χ1v) is 7.04. The van der Waals surface area contributed by atoms with E-state index in [1.54, 1.807) is 17.8 Å². The van der Waals surface area contributed by atoms with Crippen molar-refractivity contribution in [1.29, 1.82) is 0 Å². The fourth-order valence-electron chi connectivity index (χ4n) is 1.86. The van der Waals surface area contributed by atoms with Crippen molar-refractivity contribution in [3.05, 3.63) is 36.7 Å². The Morgan fingerprint density at radius 3 is 2.76 bits per heavy atom. The standard InChI is InChI=1S/C16H21N3O2/c1-11(2)10-21-15-6-4-5-13(7-15)14-8-18-19(9-14)12(3)16(17)20/h4-9,11-12H,10H2,1-3H3,(H2,17,20)/t12-/m1/s1. The van der Waals surface area contributed by atoms with E-state index in [1.165, 1.54) is 0 Å². The molecule has 2 rings (SSSR count). The van der Waals surface area contributed by atoms with E-state index in [2.05, 4.69) is 18.9 Å². The lowest BCUT2D eigenvalue weighted by molar-refractivity contribution is -0.120. The predicted molar refractivity (Wildman–Crippen MR) is 81.9 cm³/mol. The van der Waals surface area contributed by atoms with Crippen molar-refractivity contribution in [1.82, 2.24) is 9.78 Å². The Labute approximate surface area is 124 Å². The van der Waals surface area contributed by atoms with E-state index in [1.807, 2.05) is 30.5 Å². The average Bonchev–Trinajstić information content (AvgIpc) is 2.94.